The lowest BCUT2D eigenvalue weighted by Gasteiger charge is -2.43. The third-order valence-electron chi connectivity index (χ3n) is 2.10. The zero-order valence-electron chi connectivity index (χ0n) is 6.87. The van der Waals surface area contributed by atoms with Crippen LogP contribution in [0.5, 0.6) is 0 Å². The summed E-state index contributed by atoms with van der Waals surface area (Å²) in [4.78, 5) is 0. The molecule has 0 aromatic carbocycles. The van der Waals surface area contributed by atoms with E-state index in [0.29, 0.717) is 0 Å². The quantitative estimate of drug-likeness (QED) is 0.234. The summed E-state index contributed by atoms with van der Waals surface area (Å²) in [7, 11) is 0. The van der Waals surface area contributed by atoms with Gasteiger partial charge in [0.2, 0.25) is 5.91 Å². The number of nitrogens with two attached hydrogens (primary N) is 2. The Morgan fingerprint density at radius 2 is 1.85 bits per heavy atom. The van der Waals surface area contributed by atoms with Crippen LogP contribution in [0.25, 0.3) is 0 Å². The van der Waals surface area contributed by atoms with E-state index in [-0.39, 0.29) is 0 Å². The van der Waals surface area contributed by atoms with Gasteiger partial charge in [0.15, 0.2) is 0 Å². The van der Waals surface area contributed by atoms with Gasteiger partial charge < -0.3 is 30.9 Å². The molecule has 8 N–H and O–H groups in total. The van der Waals surface area contributed by atoms with Crippen LogP contribution in [-0.2, 0) is 4.74 Å². The van der Waals surface area contributed by atoms with Crippen molar-refractivity contribution in [3.63, 3.8) is 0 Å². The Kier molecular flexibility index (Phi) is 2.88. The molecule has 1 fully saturated rings. The second-order valence-corrected chi connectivity index (χ2v) is 3.10. The average molecular weight is 194 g/mol. The molecule has 0 aliphatic carbocycles. The van der Waals surface area contributed by atoms with Gasteiger partial charge in [0, 0.05) is 0 Å². The highest BCUT2D eigenvalue weighted by Crippen LogP contribution is 2.22. The smallest absolute Gasteiger partial charge is 0.241 e. The van der Waals surface area contributed by atoms with Crippen LogP contribution in [-0.4, -0.2) is 57.3 Å². The van der Waals surface area contributed by atoms with E-state index in [2.05, 4.69) is 4.74 Å². The predicted molar refractivity (Wildman–Crippen MR) is 41.1 cm³/mol. The van der Waals surface area contributed by atoms with E-state index in [9.17, 15) is 15.3 Å². The summed E-state index contributed by atoms with van der Waals surface area (Å²) >= 11 is 0. The zero-order chi connectivity index (χ0) is 10.2. The van der Waals surface area contributed by atoms with Crippen LogP contribution in [0.1, 0.15) is 0 Å². The van der Waals surface area contributed by atoms with Crippen molar-refractivity contribution in [2.24, 2.45) is 11.5 Å². The first-order chi connectivity index (χ1) is 5.90. The lowest BCUT2D eigenvalue weighted by molar-refractivity contribution is -0.311. The zero-order valence-corrected chi connectivity index (χ0v) is 6.87. The molecule has 0 aromatic heterocycles. The fourth-order valence-corrected chi connectivity index (χ4v) is 1.21. The molecule has 0 saturated carbocycles. The molecule has 0 amide bonds. The van der Waals surface area contributed by atoms with Gasteiger partial charge >= 0.3 is 0 Å². The summed E-state index contributed by atoms with van der Waals surface area (Å²) < 4.78 is 4.67. The number of aliphatic hydroxyl groups excluding tert-OH is 3. The van der Waals surface area contributed by atoms with E-state index in [0.717, 1.165) is 0 Å². The Bertz CT molecular complexity index is 186. The molecule has 13 heavy (non-hydrogen) atoms. The molecule has 1 aliphatic heterocycles. The highest BCUT2D eigenvalue weighted by Gasteiger charge is 2.49. The number of hydrogen-bond donors (Lipinski definition) is 6. The molecule has 0 bridgehead atoms. The van der Waals surface area contributed by atoms with Gasteiger partial charge in [0.25, 0.3) is 0 Å². The first-order valence-corrected chi connectivity index (χ1v) is 3.81. The molecule has 7 heteroatoms. The lowest BCUT2D eigenvalue weighted by atomic mass is 9.95. The Morgan fingerprint density at radius 3 is 2.31 bits per heavy atom. The molecule has 1 heterocycles. The van der Waals surface area contributed by atoms with Crippen LogP contribution in [0.2, 0.25) is 0 Å². The van der Waals surface area contributed by atoms with Crippen LogP contribution in [0.15, 0.2) is 0 Å². The highest BCUT2D eigenvalue weighted by atomic mass is 16.7. The van der Waals surface area contributed by atoms with Crippen LogP contribution < -0.4 is 11.5 Å². The van der Waals surface area contributed by atoms with Crippen molar-refractivity contribution < 1.29 is 25.2 Å². The number of hydrogen-bond acceptors (Lipinski definition) is 7. The summed E-state index contributed by atoms with van der Waals surface area (Å²) in [6.45, 7) is -0.565. The Balaban J connectivity index is 2.79. The minimum Gasteiger partial charge on any atom is -0.394 e. The lowest BCUT2D eigenvalue weighted by Crippen LogP contribution is -2.72. The molecular weight excluding hydrogens is 180 g/mol. The highest BCUT2D eigenvalue weighted by molar-refractivity contribution is 4.95. The van der Waals surface area contributed by atoms with Gasteiger partial charge in [0.05, 0.1) is 6.61 Å². The maximum Gasteiger partial charge on any atom is 0.241 e. The van der Waals surface area contributed by atoms with E-state index in [1.165, 1.54) is 0 Å². The number of rotatable bonds is 1. The van der Waals surface area contributed by atoms with Gasteiger partial charge in [-0.05, 0) is 0 Å². The summed E-state index contributed by atoms with van der Waals surface area (Å²) in [5, 5.41) is 36.5. The molecule has 1 aliphatic rings. The molecule has 0 aromatic rings. The van der Waals surface area contributed by atoms with E-state index >= 15 is 0 Å². The topological polar surface area (TPSA) is 142 Å². The minimum atomic E-state index is -2.23. The molecule has 0 radical (unpaired) electrons. The van der Waals surface area contributed by atoms with E-state index < -0.39 is 36.9 Å². The fraction of sp³-hybridized carbons (Fsp3) is 1.00. The molecule has 0 spiro atoms. The normalized spacial score (nSPS) is 52.2. The van der Waals surface area contributed by atoms with Crippen LogP contribution in [0.4, 0.5) is 0 Å². The second kappa shape index (κ2) is 3.46. The maximum absolute atomic E-state index is 9.28. The van der Waals surface area contributed by atoms with E-state index in [1.54, 1.807) is 0 Å². The van der Waals surface area contributed by atoms with Gasteiger partial charge in [-0.1, -0.05) is 0 Å². The van der Waals surface area contributed by atoms with Gasteiger partial charge in [-0.3, -0.25) is 5.73 Å². The maximum atomic E-state index is 9.28. The third-order valence-corrected chi connectivity index (χ3v) is 2.10. The van der Waals surface area contributed by atoms with Crippen molar-refractivity contribution in [3.05, 3.63) is 0 Å². The summed E-state index contributed by atoms with van der Waals surface area (Å²) in [5.74, 6) is -2.23. The van der Waals surface area contributed by atoms with Crippen molar-refractivity contribution in [3.8, 4) is 0 Å². The summed E-state index contributed by atoms with van der Waals surface area (Å²) in [6, 6.07) is -1.31. The average Bonchev–Trinajstić information content (AvgIpc) is 2.08. The Morgan fingerprint density at radius 1 is 1.31 bits per heavy atom. The van der Waals surface area contributed by atoms with Gasteiger partial charge in [0.1, 0.15) is 24.4 Å². The van der Waals surface area contributed by atoms with Gasteiger partial charge in [-0.2, -0.15) is 0 Å². The molecule has 78 valence electrons. The Labute approximate surface area is 74.5 Å². The minimum absolute atomic E-state index is 0.565. The van der Waals surface area contributed by atoms with Crippen molar-refractivity contribution in [2.45, 2.75) is 30.3 Å². The first-order valence-electron chi connectivity index (χ1n) is 3.81. The van der Waals surface area contributed by atoms with Crippen LogP contribution in [0.3, 0.4) is 0 Å². The van der Waals surface area contributed by atoms with Crippen LogP contribution in [0, 0.1) is 0 Å². The van der Waals surface area contributed by atoms with E-state index in [4.69, 9.17) is 16.6 Å². The number of ether oxygens (including phenoxy) is 1. The molecule has 5 atom stereocenters. The standard InChI is InChI=1S/C6H14N2O5/c7-5-4(11)3(10)2(1-9)13-6(5,8)12/h2-5,9-12H,1,7-8H2/t2-,3+,4+,5-,6?/m1/s1. The van der Waals surface area contributed by atoms with Crippen molar-refractivity contribution in [1.82, 2.24) is 0 Å². The molecule has 1 rings (SSSR count). The largest absolute Gasteiger partial charge is 0.394 e. The number of aliphatic hydroxyl groups is 4. The SMILES string of the molecule is N[C@@H]1[C@@H](O)[C@@H](O)[C@@H](CO)OC1(N)O. The second-order valence-electron chi connectivity index (χ2n) is 3.10. The molecular formula is C6H14N2O5. The van der Waals surface area contributed by atoms with Gasteiger partial charge in [-0.25, -0.2) is 0 Å². The van der Waals surface area contributed by atoms with Crippen molar-refractivity contribution >= 4 is 0 Å². The van der Waals surface area contributed by atoms with Crippen LogP contribution >= 0.6 is 0 Å². The molecule has 1 saturated heterocycles. The summed E-state index contributed by atoms with van der Waals surface area (Å²) in [5.41, 5.74) is 10.4. The van der Waals surface area contributed by atoms with Gasteiger partial charge in [-0.15, -0.1) is 0 Å². The van der Waals surface area contributed by atoms with Crippen molar-refractivity contribution in [2.75, 3.05) is 6.61 Å². The predicted octanol–water partition coefficient (Wildman–Crippen LogP) is -3.97. The fourth-order valence-electron chi connectivity index (χ4n) is 1.21. The molecule has 1 unspecified atom stereocenters. The Hall–Kier alpha value is -0.280. The molecule has 7 nitrogen and oxygen atoms in total. The summed E-state index contributed by atoms with van der Waals surface area (Å²) in [6.07, 6.45) is -3.92. The monoisotopic (exact) mass is 194 g/mol. The van der Waals surface area contributed by atoms with E-state index in [1.807, 2.05) is 0 Å². The first kappa shape index (κ1) is 10.8. The van der Waals surface area contributed by atoms with Crippen molar-refractivity contribution in [1.29, 1.82) is 0 Å². The third kappa shape index (κ3) is 1.81.